The Morgan fingerprint density at radius 3 is 2.85 bits per heavy atom. The normalized spacial score (nSPS) is 11.8. The fourth-order valence-electron chi connectivity index (χ4n) is 1.61. The van der Waals surface area contributed by atoms with Crippen molar-refractivity contribution in [2.75, 3.05) is 0 Å². The number of carbonyl (C=O) groups excluding carboxylic acids is 2. The van der Waals surface area contributed by atoms with Gasteiger partial charge in [-0.3, -0.25) is 4.79 Å². The molecule has 106 valence electrons. The summed E-state index contributed by atoms with van der Waals surface area (Å²) in [6.07, 6.45) is 0.976. The van der Waals surface area contributed by atoms with E-state index in [-0.39, 0.29) is 11.7 Å². The third-order valence-corrected chi connectivity index (χ3v) is 3.53. The van der Waals surface area contributed by atoms with Gasteiger partial charge in [0.25, 0.3) is 5.91 Å². The molecule has 20 heavy (non-hydrogen) atoms. The highest BCUT2D eigenvalue weighted by Crippen LogP contribution is 2.10. The number of rotatable bonds is 6. The van der Waals surface area contributed by atoms with Gasteiger partial charge in [0, 0.05) is 4.88 Å². The van der Waals surface area contributed by atoms with E-state index in [1.165, 1.54) is 12.3 Å². The summed E-state index contributed by atoms with van der Waals surface area (Å²) in [5, 5.41) is 4.69. The van der Waals surface area contributed by atoms with Crippen LogP contribution in [0.2, 0.25) is 0 Å². The van der Waals surface area contributed by atoms with Gasteiger partial charge in [0.1, 0.15) is 0 Å². The summed E-state index contributed by atoms with van der Waals surface area (Å²) in [5.74, 6) is -0.844. The minimum Gasteiger partial charge on any atom is -0.457 e. The van der Waals surface area contributed by atoms with Crippen LogP contribution in [0.1, 0.15) is 28.8 Å². The first kappa shape index (κ1) is 14.3. The van der Waals surface area contributed by atoms with Gasteiger partial charge in [-0.05, 0) is 30.0 Å². The minimum atomic E-state index is -0.812. The molecule has 1 amide bonds. The molecule has 0 aliphatic rings. The van der Waals surface area contributed by atoms with Gasteiger partial charge in [-0.2, -0.15) is 0 Å². The quantitative estimate of drug-likeness (QED) is 0.831. The standard InChI is InChI=1S/C14H15NO4S/c1-2-11(19-14(17)12-6-3-7-18-12)13(16)15-9-10-5-4-8-20-10/h3-8,11H,2,9H2,1H3,(H,15,16). The molecule has 0 aliphatic carbocycles. The highest BCUT2D eigenvalue weighted by atomic mass is 32.1. The van der Waals surface area contributed by atoms with Crippen molar-refractivity contribution in [2.24, 2.45) is 0 Å². The van der Waals surface area contributed by atoms with Crippen molar-refractivity contribution in [3.05, 3.63) is 46.5 Å². The van der Waals surface area contributed by atoms with E-state index in [0.717, 1.165) is 4.88 Å². The van der Waals surface area contributed by atoms with Crippen LogP contribution in [-0.4, -0.2) is 18.0 Å². The smallest absolute Gasteiger partial charge is 0.374 e. The number of amides is 1. The van der Waals surface area contributed by atoms with E-state index >= 15 is 0 Å². The van der Waals surface area contributed by atoms with Crippen molar-refractivity contribution in [3.8, 4) is 0 Å². The van der Waals surface area contributed by atoms with Crippen molar-refractivity contribution in [2.45, 2.75) is 26.0 Å². The van der Waals surface area contributed by atoms with Crippen molar-refractivity contribution >= 4 is 23.2 Å². The monoisotopic (exact) mass is 293 g/mol. The Kier molecular flexibility index (Phi) is 4.95. The SMILES string of the molecule is CCC(OC(=O)c1ccco1)C(=O)NCc1cccs1. The van der Waals surface area contributed by atoms with Crippen molar-refractivity contribution in [1.29, 1.82) is 0 Å². The van der Waals surface area contributed by atoms with Crippen LogP contribution in [0.3, 0.4) is 0 Å². The van der Waals surface area contributed by atoms with Gasteiger partial charge >= 0.3 is 5.97 Å². The number of esters is 1. The summed E-state index contributed by atoms with van der Waals surface area (Å²) >= 11 is 1.56. The fraction of sp³-hybridized carbons (Fsp3) is 0.286. The summed E-state index contributed by atoms with van der Waals surface area (Å²) in [6.45, 7) is 2.22. The lowest BCUT2D eigenvalue weighted by molar-refractivity contribution is -0.130. The highest BCUT2D eigenvalue weighted by Gasteiger charge is 2.22. The molecule has 0 fully saturated rings. The molecule has 1 atom stereocenters. The van der Waals surface area contributed by atoms with Crippen LogP contribution in [-0.2, 0) is 16.1 Å². The zero-order valence-electron chi connectivity index (χ0n) is 11.0. The Labute approximate surface area is 120 Å². The average molecular weight is 293 g/mol. The van der Waals surface area contributed by atoms with Crippen molar-refractivity contribution < 1.29 is 18.7 Å². The van der Waals surface area contributed by atoms with Gasteiger partial charge in [-0.1, -0.05) is 13.0 Å². The molecular weight excluding hydrogens is 278 g/mol. The molecule has 0 aliphatic heterocycles. The maximum Gasteiger partial charge on any atom is 0.374 e. The number of hydrogen-bond donors (Lipinski definition) is 1. The Balaban J connectivity index is 1.87. The second kappa shape index (κ2) is 6.91. The summed E-state index contributed by atoms with van der Waals surface area (Å²) in [7, 11) is 0. The molecule has 2 aromatic heterocycles. The zero-order chi connectivity index (χ0) is 14.4. The topological polar surface area (TPSA) is 68.5 Å². The largest absolute Gasteiger partial charge is 0.457 e. The fourth-order valence-corrected chi connectivity index (χ4v) is 2.25. The van der Waals surface area contributed by atoms with Crippen LogP contribution in [0.15, 0.2) is 40.3 Å². The molecule has 2 rings (SSSR count). The van der Waals surface area contributed by atoms with Gasteiger partial charge in [-0.25, -0.2) is 4.79 Å². The molecule has 1 unspecified atom stereocenters. The number of furan rings is 1. The third kappa shape index (κ3) is 3.71. The molecule has 0 saturated carbocycles. The zero-order valence-corrected chi connectivity index (χ0v) is 11.8. The molecule has 0 radical (unpaired) electrons. The number of carbonyl (C=O) groups is 2. The lowest BCUT2D eigenvalue weighted by atomic mass is 10.2. The van der Waals surface area contributed by atoms with Gasteiger partial charge in [0.2, 0.25) is 5.76 Å². The second-order valence-corrected chi connectivity index (χ2v) is 5.11. The van der Waals surface area contributed by atoms with Gasteiger partial charge in [0.15, 0.2) is 6.10 Å². The summed E-state index contributed by atoms with van der Waals surface area (Å²) < 4.78 is 10.1. The van der Waals surface area contributed by atoms with Gasteiger partial charge in [0.05, 0.1) is 12.8 Å². The van der Waals surface area contributed by atoms with Crippen LogP contribution in [0.25, 0.3) is 0 Å². The van der Waals surface area contributed by atoms with Crippen LogP contribution in [0.5, 0.6) is 0 Å². The van der Waals surface area contributed by atoms with Crippen LogP contribution in [0, 0.1) is 0 Å². The lowest BCUT2D eigenvalue weighted by Gasteiger charge is -2.14. The molecule has 2 aromatic rings. The van der Waals surface area contributed by atoms with E-state index in [2.05, 4.69) is 5.32 Å². The highest BCUT2D eigenvalue weighted by molar-refractivity contribution is 7.09. The van der Waals surface area contributed by atoms with E-state index in [4.69, 9.17) is 9.15 Å². The maximum absolute atomic E-state index is 12.0. The molecule has 5 nitrogen and oxygen atoms in total. The molecule has 0 spiro atoms. The predicted molar refractivity (Wildman–Crippen MR) is 74.4 cm³/mol. The first-order chi connectivity index (χ1) is 9.70. The summed E-state index contributed by atoms with van der Waals surface area (Å²) in [5.41, 5.74) is 0. The second-order valence-electron chi connectivity index (χ2n) is 4.08. The van der Waals surface area contributed by atoms with E-state index in [1.54, 1.807) is 24.3 Å². The molecular formula is C14H15NO4S. The van der Waals surface area contributed by atoms with Crippen LogP contribution in [0.4, 0.5) is 0 Å². The predicted octanol–water partition coefficient (Wildman–Crippen LogP) is 2.59. The summed E-state index contributed by atoms with van der Waals surface area (Å²) in [6, 6.07) is 6.94. The van der Waals surface area contributed by atoms with Crippen LogP contribution < -0.4 is 5.32 Å². The van der Waals surface area contributed by atoms with Crippen molar-refractivity contribution in [3.63, 3.8) is 0 Å². The molecule has 0 saturated heterocycles. The van der Waals surface area contributed by atoms with E-state index in [0.29, 0.717) is 13.0 Å². The van der Waals surface area contributed by atoms with Crippen LogP contribution >= 0.6 is 11.3 Å². The third-order valence-electron chi connectivity index (χ3n) is 2.65. The van der Waals surface area contributed by atoms with E-state index in [9.17, 15) is 9.59 Å². The molecule has 6 heteroatoms. The Morgan fingerprint density at radius 1 is 1.40 bits per heavy atom. The van der Waals surface area contributed by atoms with Gasteiger partial charge in [-0.15, -0.1) is 11.3 Å². The average Bonchev–Trinajstić information content (AvgIpc) is 3.13. The minimum absolute atomic E-state index is 0.0921. The molecule has 0 aromatic carbocycles. The Hall–Kier alpha value is -2.08. The number of thiophene rings is 1. The molecule has 2 heterocycles. The first-order valence-corrected chi connectivity index (χ1v) is 7.13. The number of ether oxygens (including phenoxy) is 1. The Bertz CT molecular complexity index is 548. The summed E-state index contributed by atoms with van der Waals surface area (Å²) in [4.78, 5) is 24.7. The Morgan fingerprint density at radius 2 is 2.25 bits per heavy atom. The van der Waals surface area contributed by atoms with Gasteiger partial charge < -0.3 is 14.5 Å². The van der Waals surface area contributed by atoms with Crippen molar-refractivity contribution in [1.82, 2.24) is 5.32 Å². The van der Waals surface area contributed by atoms with E-state index in [1.807, 2.05) is 17.5 Å². The first-order valence-electron chi connectivity index (χ1n) is 6.25. The lowest BCUT2D eigenvalue weighted by Crippen LogP contribution is -2.36. The maximum atomic E-state index is 12.0. The molecule has 1 N–H and O–H groups in total. The molecule has 0 bridgehead atoms. The van der Waals surface area contributed by atoms with E-state index < -0.39 is 12.1 Å². The number of nitrogens with one attached hydrogen (secondary N) is 1. The number of hydrogen-bond acceptors (Lipinski definition) is 5.